The Morgan fingerprint density at radius 2 is 0.923 bits per heavy atom. The smallest absolute Gasteiger partial charge is 0.0698 e. The van der Waals surface area contributed by atoms with Crippen LogP contribution in [0.1, 0.15) is 29.6 Å². The molecule has 0 atom stereocenters. The van der Waals surface area contributed by atoms with E-state index in [2.05, 4.69) is 42.9 Å². The van der Waals surface area contributed by atoms with Gasteiger partial charge in [0, 0.05) is 56.3 Å². The summed E-state index contributed by atoms with van der Waals surface area (Å²) in [5.41, 5.74) is 17.5. The lowest BCUT2D eigenvalue weighted by atomic mass is 10.2. The summed E-state index contributed by atoms with van der Waals surface area (Å²) in [4.78, 5) is 10.1. The van der Waals surface area contributed by atoms with Crippen LogP contribution in [0.5, 0.6) is 0 Å². The summed E-state index contributed by atoms with van der Waals surface area (Å²) >= 11 is 0. The highest BCUT2D eigenvalue weighted by atomic mass is 16.5. The van der Waals surface area contributed by atoms with Crippen molar-refractivity contribution in [3.8, 4) is 0 Å². The van der Waals surface area contributed by atoms with Crippen molar-refractivity contribution in [2.75, 3.05) is 149 Å². The molecule has 0 aromatic carbocycles. The second-order valence-corrected chi connectivity index (χ2v) is 9.34. The highest BCUT2D eigenvalue weighted by Crippen LogP contribution is 1.97. The molecule has 39 heavy (non-hydrogen) atoms. The topological polar surface area (TPSA) is 188 Å². The Hall–Kier alpha value is -1.13. The van der Waals surface area contributed by atoms with Crippen molar-refractivity contribution in [2.24, 2.45) is 5.73 Å². The average molecular weight is 595 g/mol. The van der Waals surface area contributed by atoms with Crippen LogP contribution < -0.4 is 5.73 Å². The molecule has 0 aliphatic rings. The second-order valence-electron chi connectivity index (χ2n) is 9.34. The van der Waals surface area contributed by atoms with Crippen LogP contribution in [0, 0.1) is 5.53 Å². The fourth-order valence-corrected chi connectivity index (χ4v) is 2.13. The molecule has 0 saturated carbocycles. The Balaban J connectivity index is -0.0000000581. The Morgan fingerprint density at radius 3 is 1.18 bits per heavy atom. The molecular formula is C25H72N8O6. The Kier molecular flexibility index (Phi) is 45.0. The van der Waals surface area contributed by atoms with Crippen LogP contribution in [0.2, 0.25) is 0 Å². The minimum Gasteiger partial charge on any atom is -0.412 e. The molecule has 0 aliphatic heterocycles. The number of unbranched alkanes of at least 4 members (excludes halogenated alkanes) is 2. The summed E-state index contributed by atoms with van der Waals surface area (Å²) in [6.45, 7) is 10.7. The quantitative estimate of drug-likeness (QED) is 0.0716. The number of likely N-dealkylation sites (N-methyl/N-ethyl adjacent to an activating group) is 4. The number of nitrogens with two attached hydrogens (primary N) is 1. The number of nitrogens with zero attached hydrogens (tertiary/aromatic N) is 6. The van der Waals surface area contributed by atoms with E-state index >= 15 is 0 Å². The van der Waals surface area contributed by atoms with Crippen LogP contribution in [0.4, 0.5) is 0 Å². The zero-order chi connectivity index (χ0) is 35.9. The predicted molar refractivity (Wildman–Crippen MR) is 169 cm³/mol. The van der Waals surface area contributed by atoms with E-state index in [4.69, 9.17) is 49.8 Å². The summed E-state index contributed by atoms with van der Waals surface area (Å²) < 4.78 is 51.2. The maximum atomic E-state index is 8.29. The van der Waals surface area contributed by atoms with Crippen molar-refractivity contribution in [1.82, 2.24) is 19.6 Å². The van der Waals surface area contributed by atoms with Gasteiger partial charge in [0.2, 0.25) is 0 Å². The fraction of sp³-hybridized carbons (Fsp3) is 1.00. The SMILES string of the molecule is CN(C)CCOCCCCCOCCN(C)C.CN(C)CCOCCN.CN(C)CCOCCO.O.[3HH].[3H][3H].[3H][3H].[3H][3H].[N-]=[N+]=N. The zero-order valence-corrected chi connectivity index (χ0v) is 26.4. The van der Waals surface area contributed by atoms with Crippen molar-refractivity contribution < 1.29 is 39.9 Å². The van der Waals surface area contributed by atoms with Gasteiger partial charge in [-0.15, -0.1) is 5.53 Å². The predicted octanol–water partition coefficient (Wildman–Crippen LogP) is 1.43. The van der Waals surface area contributed by atoms with E-state index in [9.17, 15) is 0 Å². The van der Waals surface area contributed by atoms with Gasteiger partial charge in [0.15, 0.2) is 0 Å². The number of rotatable bonds is 22. The molecule has 0 aromatic heterocycles. The van der Waals surface area contributed by atoms with Gasteiger partial charge >= 0.3 is 0 Å². The zero-order valence-electron chi connectivity index (χ0n) is 32.4. The van der Waals surface area contributed by atoms with Gasteiger partial charge in [-0.3, -0.25) is 0 Å². The van der Waals surface area contributed by atoms with Crippen LogP contribution in [0.25, 0.3) is 10.4 Å². The lowest BCUT2D eigenvalue weighted by molar-refractivity contribution is 0.0821. The monoisotopic (exact) mass is 595 g/mol. The van der Waals surface area contributed by atoms with Gasteiger partial charge in [0.05, 0.1) is 46.2 Å². The van der Waals surface area contributed by atoms with Crippen LogP contribution in [0.15, 0.2) is 0 Å². The maximum Gasteiger partial charge on any atom is 0.0698 e. The molecule has 0 saturated heterocycles. The van der Waals surface area contributed by atoms with Crippen LogP contribution in [0.3, 0.4) is 0 Å². The molecule has 0 fully saturated rings. The Labute approximate surface area is 249 Å². The summed E-state index contributed by atoms with van der Waals surface area (Å²) in [5.74, 6) is 0. The molecule has 0 rings (SSSR count). The van der Waals surface area contributed by atoms with E-state index in [1.165, 1.54) is 6.42 Å². The third-order valence-corrected chi connectivity index (χ3v) is 4.31. The fourth-order valence-electron chi connectivity index (χ4n) is 2.13. The van der Waals surface area contributed by atoms with Crippen molar-refractivity contribution >= 4 is 0 Å². The minimum atomic E-state index is 0. The van der Waals surface area contributed by atoms with Crippen molar-refractivity contribution in [3.05, 3.63) is 10.4 Å². The van der Waals surface area contributed by atoms with E-state index in [-0.39, 0.29) is 13.5 Å². The number of nitrogens with one attached hydrogen (secondary N) is 1. The van der Waals surface area contributed by atoms with Crippen molar-refractivity contribution in [1.29, 1.82) is 5.53 Å². The van der Waals surface area contributed by atoms with E-state index in [1.807, 2.05) is 33.1 Å². The number of hydrogen-bond donors (Lipinski definition) is 3. The molecule has 14 heteroatoms. The molecule has 14 nitrogen and oxygen atoms in total. The molecule has 0 aliphatic carbocycles. The minimum absolute atomic E-state index is 0. The molecule has 0 radical (unpaired) electrons. The number of aliphatic hydroxyl groups excluding tert-OH is 1. The van der Waals surface area contributed by atoms with Gasteiger partial charge in [-0.2, -0.15) is 0 Å². The number of hydrogen-bond acceptors (Lipinski definition) is 11. The molecular weight excluding hydrogens is 508 g/mol. The third-order valence-electron chi connectivity index (χ3n) is 4.31. The van der Waals surface area contributed by atoms with E-state index in [0.717, 1.165) is 72.1 Å². The lowest BCUT2D eigenvalue weighted by Gasteiger charge is -2.10. The summed E-state index contributed by atoms with van der Waals surface area (Å²) in [6, 6.07) is 0. The summed E-state index contributed by atoms with van der Waals surface area (Å²) in [6.07, 6.45) is 3.48. The van der Waals surface area contributed by atoms with Crippen LogP contribution in [-0.4, -0.2) is 179 Å². The normalized spacial score (nSPS) is 10.8. The largest absolute Gasteiger partial charge is 0.412 e. The molecule has 0 aromatic rings. The number of ether oxygens (including phenoxy) is 4. The third kappa shape index (κ3) is 72.5. The Morgan fingerprint density at radius 1 is 0.641 bits per heavy atom. The van der Waals surface area contributed by atoms with Crippen LogP contribution in [-0.2, 0) is 18.9 Å². The molecule has 0 spiro atoms. The first-order valence-electron chi connectivity index (χ1n) is 16.3. The summed E-state index contributed by atoms with van der Waals surface area (Å²) in [7, 11) is 16.3. The highest BCUT2D eigenvalue weighted by Gasteiger charge is 1.94. The lowest BCUT2D eigenvalue weighted by Crippen LogP contribution is -2.19. The first-order valence-corrected chi connectivity index (χ1v) is 13.3. The molecule has 0 amide bonds. The van der Waals surface area contributed by atoms with E-state index in [0.29, 0.717) is 26.4 Å². The van der Waals surface area contributed by atoms with E-state index < -0.39 is 0 Å². The maximum absolute atomic E-state index is 8.29. The molecule has 0 bridgehead atoms. The van der Waals surface area contributed by atoms with Crippen molar-refractivity contribution in [2.45, 2.75) is 19.3 Å². The summed E-state index contributed by atoms with van der Waals surface area (Å²) in [5, 5.41) is 8.29. The van der Waals surface area contributed by atoms with Gasteiger partial charge < -0.3 is 54.9 Å². The molecule has 0 unspecified atom stereocenters. The van der Waals surface area contributed by atoms with Gasteiger partial charge in [-0.25, -0.2) is 0 Å². The Bertz CT molecular complexity index is 441. The molecule has 6 N–H and O–H groups in total. The average Bonchev–Trinajstić information content (AvgIpc) is 3.00. The highest BCUT2D eigenvalue weighted by molar-refractivity contribution is 4.45. The van der Waals surface area contributed by atoms with Crippen LogP contribution >= 0.6 is 0 Å². The number of aliphatic hydroxyl groups is 1. The van der Waals surface area contributed by atoms with E-state index in [1.54, 1.807) is 4.91 Å². The van der Waals surface area contributed by atoms with Gasteiger partial charge in [0.25, 0.3) is 0 Å². The van der Waals surface area contributed by atoms with Gasteiger partial charge in [0.1, 0.15) is 0 Å². The van der Waals surface area contributed by atoms with Gasteiger partial charge in [-0.1, -0.05) is 0 Å². The van der Waals surface area contributed by atoms with Crippen molar-refractivity contribution in [3.63, 3.8) is 0 Å². The molecule has 0 heterocycles. The second kappa shape index (κ2) is 43.9. The first-order chi connectivity index (χ1) is 21.1. The standard InChI is InChI=1S/C13H30N2O2.C6H16N2O.C6H15NO2.HN3.H2O.4H2/c1-14(2)8-12-16-10-6-5-7-11-17-13-9-15(3)4;1-8(2)4-6-9-5-3-7;1-7(2)3-5-9-6-4-8;1-3-2;;;;;/h5-13H2,1-4H3;3-7H2,1-2H3;8H,3-6H2,1-2H3;1H;1H2;4*1H/i;;;;;3*1+2T;1+2. The molecule has 248 valence electrons. The first kappa shape index (κ1) is 40.0. The van der Waals surface area contributed by atoms with Gasteiger partial charge in [-0.05, 0) is 86.1 Å².